The van der Waals surface area contributed by atoms with Gasteiger partial charge in [0.25, 0.3) is 0 Å². The van der Waals surface area contributed by atoms with Gasteiger partial charge in [-0.25, -0.2) is 9.59 Å². The molecule has 118 valence electrons. The van der Waals surface area contributed by atoms with Crippen molar-refractivity contribution in [3.63, 3.8) is 0 Å². The van der Waals surface area contributed by atoms with Crippen LogP contribution in [0.15, 0.2) is 11.3 Å². The third-order valence-electron chi connectivity index (χ3n) is 2.64. The highest BCUT2D eigenvalue weighted by molar-refractivity contribution is 8.00. The summed E-state index contributed by atoms with van der Waals surface area (Å²) in [5, 5.41) is 5.21. The molecule has 0 spiro atoms. The van der Waals surface area contributed by atoms with Gasteiger partial charge in [0.2, 0.25) is 0 Å². The van der Waals surface area contributed by atoms with Crippen LogP contribution in [0.25, 0.3) is 0 Å². The summed E-state index contributed by atoms with van der Waals surface area (Å²) in [7, 11) is 0. The minimum atomic E-state index is -0.468. The first-order chi connectivity index (χ1) is 9.99. The summed E-state index contributed by atoms with van der Waals surface area (Å²) in [6.07, 6.45) is 0. The first kappa shape index (κ1) is 17.4. The van der Waals surface area contributed by atoms with Gasteiger partial charge in [0.1, 0.15) is 0 Å². The molecule has 2 N–H and O–H groups in total. The van der Waals surface area contributed by atoms with Crippen LogP contribution in [0.4, 0.5) is 4.79 Å². The van der Waals surface area contributed by atoms with Crippen LogP contribution in [-0.4, -0.2) is 48.7 Å². The molecule has 0 bridgehead atoms. The van der Waals surface area contributed by atoms with E-state index in [1.165, 1.54) is 11.8 Å². The molecule has 0 aliphatic carbocycles. The van der Waals surface area contributed by atoms with Gasteiger partial charge in [0.05, 0.1) is 30.6 Å². The normalized spacial score (nSPS) is 17.9. The fourth-order valence-electron chi connectivity index (χ4n) is 1.83. The fraction of sp³-hybridized carbons (Fsp3) is 0.615. The summed E-state index contributed by atoms with van der Waals surface area (Å²) in [6.45, 7) is 5.74. The molecule has 0 saturated carbocycles. The number of hydrogen-bond acceptors (Lipinski definition) is 6. The van der Waals surface area contributed by atoms with Gasteiger partial charge in [-0.3, -0.25) is 4.79 Å². The van der Waals surface area contributed by atoms with E-state index in [0.29, 0.717) is 23.6 Å². The van der Waals surface area contributed by atoms with Crippen LogP contribution in [-0.2, 0) is 19.1 Å². The molecular formula is C13H20N2O5S. The molecule has 0 aromatic heterocycles. The van der Waals surface area contributed by atoms with Crippen molar-refractivity contribution in [2.75, 3.05) is 24.7 Å². The van der Waals surface area contributed by atoms with Crippen molar-refractivity contribution in [2.45, 2.75) is 26.8 Å². The Morgan fingerprint density at radius 3 is 2.52 bits per heavy atom. The van der Waals surface area contributed by atoms with Gasteiger partial charge in [0, 0.05) is 11.4 Å². The minimum absolute atomic E-state index is 0.158. The number of nitrogens with one attached hydrogen (secondary N) is 2. The lowest BCUT2D eigenvalue weighted by atomic mass is 10.1. The van der Waals surface area contributed by atoms with Crippen LogP contribution in [0, 0.1) is 0 Å². The molecule has 0 fully saturated rings. The number of thioether (sulfide) groups is 1. The zero-order valence-electron chi connectivity index (χ0n) is 12.4. The maximum Gasteiger partial charge on any atom is 0.337 e. The van der Waals surface area contributed by atoms with Crippen molar-refractivity contribution in [1.82, 2.24) is 10.6 Å². The lowest BCUT2D eigenvalue weighted by molar-refractivity contribution is -0.140. The molecule has 1 atom stereocenters. The summed E-state index contributed by atoms with van der Waals surface area (Å²) >= 11 is 1.27. The van der Waals surface area contributed by atoms with Crippen LogP contribution >= 0.6 is 11.8 Å². The molecule has 7 nitrogen and oxygen atoms in total. The van der Waals surface area contributed by atoms with E-state index in [2.05, 4.69) is 10.6 Å². The number of carbonyl (C=O) groups is 3. The van der Waals surface area contributed by atoms with E-state index < -0.39 is 12.0 Å². The van der Waals surface area contributed by atoms with Crippen LogP contribution < -0.4 is 10.6 Å². The molecule has 1 aliphatic rings. The number of amides is 2. The van der Waals surface area contributed by atoms with Gasteiger partial charge >= 0.3 is 18.0 Å². The van der Waals surface area contributed by atoms with Crippen molar-refractivity contribution >= 4 is 29.7 Å². The standard InChI is InChI=1S/C13H20N2O5S/c1-4-19-10(16)7-21-6-9-11(12(17)20-5-2)8(3)14-13(18)15-9/h8H,4-7H2,1-3H3,(H2,14,15,18). The van der Waals surface area contributed by atoms with E-state index in [-0.39, 0.29) is 24.4 Å². The monoisotopic (exact) mass is 316 g/mol. The Balaban J connectivity index is 2.74. The van der Waals surface area contributed by atoms with Crippen molar-refractivity contribution in [1.29, 1.82) is 0 Å². The largest absolute Gasteiger partial charge is 0.465 e. The zero-order chi connectivity index (χ0) is 15.8. The summed E-state index contributed by atoms with van der Waals surface area (Å²) < 4.78 is 9.81. The third kappa shape index (κ3) is 5.30. The minimum Gasteiger partial charge on any atom is -0.465 e. The molecule has 1 rings (SSSR count). The Labute approximate surface area is 127 Å². The molecule has 1 heterocycles. The van der Waals surface area contributed by atoms with Gasteiger partial charge in [-0.2, -0.15) is 0 Å². The van der Waals surface area contributed by atoms with Crippen molar-refractivity contribution in [3.05, 3.63) is 11.3 Å². The second kappa shape index (κ2) is 8.56. The average Bonchev–Trinajstić information content (AvgIpc) is 2.38. The van der Waals surface area contributed by atoms with E-state index in [1.54, 1.807) is 20.8 Å². The van der Waals surface area contributed by atoms with E-state index >= 15 is 0 Å². The molecule has 0 radical (unpaired) electrons. The first-order valence-electron chi connectivity index (χ1n) is 6.70. The number of ether oxygens (including phenoxy) is 2. The highest BCUT2D eigenvalue weighted by atomic mass is 32.2. The average molecular weight is 316 g/mol. The van der Waals surface area contributed by atoms with Crippen LogP contribution in [0.2, 0.25) is 0 Å². The molecule has 2 amide bonds. The van der Waals surface area contributed by atoms with Crippen LogP contribution in [0.1, 0.15) is 20.8 Å². The van der Waals surface area contributed by atoms with Crippen molar-refractivity contribution in [2.24, 2.45) is 0 Å². The van der Waals surface area contributed by atoms with Gasteiger partial charge in [-0.15, -0.1) is 11.8 Å². The number of carbonyl (C=O) groups excluding carboxylic acids is 3. The van der Waals surface area contributed by atoms with Crippen molar-refractivity contribution in [3.8, 4) is 0 Å². The first-order valence-corrected chi connectivity index (χ1v) is 7.86. The maximum absolute atomic E-state index is 12.0. The number of urea groups is 1. The Kier molecular flexibility index (Phi) is 7.07. The summed E-state index contributed by atoms with van der Waals surface area (Å²) in [5.74, 6) is -0.311. The molecule has 0 aromatic carbocycles. The Hall–Kier alpha value is -1.70. The van der Waals surface area contributed by atoms with E-state index in [1.807, 2.05) is 0 Å². The van der Waals surface area contributed by atoms with E-state index in [0.717, 1.165) is 0 Å². The molecule has 0 aromatic rings. The Bertz CT molecular complexity index is 450. The van der Waals surface area contributed by atoms with Crippen LogP contribution in [0.3, 0.4) is 0 Å². The molecule has 0 saturated heterocycles. The second-order valence-corrected chi connectivity index (χ2v) is 5.22. The molecule has 1 aliphatic heterocycles. The van der Waals surface area contributed by atoms with E-state index in [4.69, 9.17) is 9.47 Å². The fourth-order valence-corrected chi connectivity index (χ4v) is 2.62. The van der Waals surface area contributed by atoms with Crippen molar-refractivity contribution < 1.29 is 23.9 Å². The zero-order valence-corrected chi connectivity index (χ0v) is 13.2. The highest BCUT2D eigenvalue weighted by Gasteiger charge is 2.29. The lowest BCUT2D eigenvalue weighted by Gasteiger charge is -2.26. The SMILES string of the molecule is CCOC(=O)CSCC1=C(C(=O)OCC)C(C)NC(=O)N1. The summed E-state index contributed by atoms with van der Waals surface area (Å²) in [4.78, 5) is 34.7. The number of esters is 2. The Morgan fingerprint density at radius 2 is 1.90 bits per heavy atom. The quantitative estimate of drug-likeness (QED) is 0.675. The number of rotatable bonds is 7. The summed E-state index contributed by atoms with van der Waals surface area (Å²) in [6, 6.07) is -0.807. The molecular weight excluding hydrogens is 296 g/mol. The topological polar surface area (TPSA) is 93.7 Å². The third-order valence-corrected chi connectivity index (χ3v) is 3.57. The molecule has 8 heteroatoms. The lowest BCUT2D eigenvalue weighted by Crippen LogP contribution is -2.49. The second-order valence-electron chi connectivity index (χ2n) is 4.23. The predicted octanol–water partition coefficient (Wildman–Crippen LogP) is 0.801. The molecule has 21 heavy (non-hydrogen) atoms. The van der Waals surface area contributed by atoms with Gasteiger partial charge in [0.15, 0.2) is 0 Å². The Morgan fingerprint density at radius 1 is 1.24 bits per heavy atom. The highest BCUT2D eigenvalue weighted by Crippen LogP contribution is 2.18. The predicted molar refractivity (Wildman–Crippen MR) is 78.7 cm³/mol. The maximum atomic E-state index is 12.0. The number of hydrogen-bond donors (Lipinski definition) is 2. The van der Waals surface area contributed by atoms with E-state index in [9.17, 15) is 14.4 Å². The van der Waals surface area contributed by atoms with Crippen LogP contribution in [0.5, 0.6) is 0 Å². The smallest absolute Gasteiger partial charge is 0.337 e. The molecule has 1 unspecified atom stereocenters. The van der Waals surface area contributed by atoms with Gasteiger partial charge in [-0.05, 0) is 20.8 Å². The van der Waals surface area contributed by atoms with Gasteiger partial charge in [-0.1, -0.05) is 0 Å². The van der Waals surface area contributed by atoms with Gasteiger partial charge < -0.3 is 20.1 Å². The summed E-state index contributed by atoms with van der Waals surface area (Å²) in [5.41, 5.74) is 0.854.